The summed E-state index contributed by atoms with van der Waals surface area (Å²) in [6.07, 6.45) is 1.57. The van der Waals surface area contributed by atoms with E-state index in [2.05, 4.69) is 89.6 Å². The molecule has 1 aliphatic heterocycles. The molecular formula is C24H33N3O. The Morgan fingerprint density at radius 1 is 0.929 bits per heavy atom. The highest BCUT2D eigenvalue weighted by atomic mass is 16.1. The predicted molar refractivity (Wildman–Crippen MR) is 115 cm³/mol. The number of carbonyl (C=O) groups excluding carboxylic acids is 1. The number of benzene rings is 2. The molecule has 0 bridgehead atoms. The van der Waals surface area contributed by atoms with Crippen LogP contribution in [-0.4, -0.2) is 54.5 Å². The van der Waals surface area contributed by atoms with Gasteiger partial charge in [0.15, 0.2) is 0 Å². The van der Waals surface area contributed by atoms with Crippen molar-refractivity contribution in [2.75, 3.05) is 32.7 Å². The van der Waals surface area contributed by atoms with E-state index < -0.39 is 0 Å². The van der Waals surface area contributed by atoms with E-state index in [1.165, 1.54) is 11.1 Å². The van der Waals surface area contributed by atoms with Gasteiger partial charge in [-0.05, 0) is 24.5 Å². The summed E-state index contributed by atoms with van der Waals surface area (Å²) in [5, 5.41) is 3.06. The zero-order valence-corrected chi connectivity index (χ0v) is 17.2. The van der Waals surface area contributed by atoms with E-state index in [0.717, 1.165) is 39.1 Å². The maximum atomic E-state index is 12.0. The van der Waals surface area contributed by atoms with Crippen molar-refractivity contribution in [3.8, 4) is 0 Å². The molecule has 2 aromatic carbocycles. The van der Waals surface area contributed by atoms with Gasteiger partial charge in [-0.15, -0.1) is 0 Å². The molecule has 1 saturated heterocycles. The molecule has 1 unspecified atom stereocenters. The fraction of sp³-hybridized carbons (Fsp3) is 0.458. The molecule has 1 heterocycles. The highest BCUT2D eigenvalue weighted by Crippen LogP contribution is 2.29. The zero-order chi connectivity index (χ0) is 19.8. The molecule has 1 atom stereocenters. The van der Waals surface area contributed by atoms with Crippen molar-refractivity contribution in [3.05, 3.63) is 71.8 Å². The number of hydrogen-bond donors (Lipinski definition) is 1. The number of piperazine rings is 1. The van der Waals surface area contributed by atoms with Crippen LogP contribution in [0.25, 0.3) is 0 Å². The third kappa shape index (κ3) is 5.66. The first kappa shape index (κ1) is 20.6. The summed E-state index contributed by atoms with van der Waals surface area (Å²) in [6.45, 7) is 9.05. The van der Waals surface area contributed by atoms with Gasteiger partial charge in [0.2, 0.25) is 5.91 Å². The summed E-state index contributed by atoms with van der Waals surface area (Å²) >= 11 is 0. The van der Waals surface area contributed by atoms with Crippen molar-refractivity contribution in [2.24, 2.45) is 0 Å². The summed E-state index contributed by atoms with van der Waals surface area (Å²) in [5.41, 5.74) is 2.69. The van der Waals surface area contributed by atoms with Gasteiger partial charge < -0.3 is 10.2 Å². The average molecular weight is 380 g/mol. The number of nitrogens with one attached hydrogen (secondary N) is 1. The lowest BCUT2D eigenvalue weighted by atomic mass is 9.96. The van der Waals surface area contributed by atoms with Crippen LogP contribution >= 0.6 is 0 Å². The Bertz CT molecular complexity index is 672. The highest BCUT2D eigenvalue weighted by Gasteiger charge is 2.26. The summed E-state index contributed by atoms with van der Waals surface area (Å²) in [6, 6.07) is 22.1. The Morgan fingerprint density at radius 3 is 1.96 bits per heavy atom. The van der Waals surface area contributed by atoms with Gasteiger partial charge in [-0.25, -0.2) is 0 Å². The molecule has 0 aromatic heterocycles. The smallest absolute Gasteiger partial charge is 0.221 e. The molecule has 1 N–H and O–H groups in total. The average Bonchev–Trinajstić information content (AvgIpc) is 2.75. The van der Waals surface area contributed by atoms with Gasteiger partial charge in [-0.3, -0.25) is 9.69 Å². The minimum absolute atomic E-state index is 0.170. The molecule has 2 aromatic rings. The molecule has 0 aliphatic carbocycles. The Hall–Kier alpha value is -2.17. The number of hydrogen-bond acceptors (Lipinski definition) is 3. The molecule has 1 amide bonds. The standard InChI is InChI=1S/C24H33N3O/c1-3-20(2)25-23(28)14-15-26-16-18-27(19-17-26)24(21-10-6-4-7-11-21)22-12-8-5-9-13-22/h4-13,20,24H,3,14-19H2,1-2H3,(H,25,28). The van der Waals surface area contributed by atoms with Crippen LogP contribution in [0.2, 0.25) is 0 Å². The van der Waals surface area contributed by atoms with E-state index in [1.54, 1.807) is 0 Å². The summed E-state index contributed by atoms with van der Waals surface area (Å²) < 4.78 is 0. The molecule has 0 spiro atoms. The van der Waals surface area contributed by atoms with Crippen LogP contribution in [0.1, 0.15) is 43.9 Å². The largest absolute Gasteiger partial charge is 0.354 e. The van der Waals surface area contributed by atoms with E-state index in [9.17, 15) is 4.79 Å². The van der Waals surface area contributed by atoms with Crippen molar-refractivity contribution in [1.29, 1.82) is 0 Å². The second kappa shape index (κ2) is 10.4. The van der Waals surface area contributed by atoms with Crippen LogP contribution in [0.15, 0.2) is 60.7 Å². The van der Waals surface area contributed by atoms with Crippen molar-refractivity contribution in [1.82, 2.24) is 15.1 Å². The lowest BCUT2D eigenvalue weighted by Crippen LogP contribution is -2.48. The van der Waals surface area contributed by atoms with Crippen LogP contribution in [0, 0.1) is 0 Å². The molecule has 0 radical (unpaired) electrons. The Balaban J connectivity index is 1.58. The van der Waals surface area contributed by atoms with Gasteiger partial charge in [0.1, 0.15) is 0 Å². The predicted octanol–water partition coefficient (Wildman–Crippen LogP) is 3.70. The minimum Gasteiger partial charge on any atom is -0.354 e. The number of carbonyl (C=O) groups is 1. The SMILES string of the molecule is CCC(C)NC(=O)CCN1CCN(C(c2ccccc2)c2ccccc2)CC1. The monoisotopic (exact) mass is 379 g/mol. The van der Waals surface area contributed by atoms with Crippen molar-refractivity contribution in [3.63, 3.8) is 0 Å². The summed E-state index contributed by atoms with van der Waals surface area (Å²) in [5.74, 6) is 0.170. The van der Waals surface area contributed by atoms with Crippen LogP contribution in [0.3, 0.4) is 0 Å². The molecule has 4 heteroatoms. The molecule has 1 aliphatic rings. The van der Waals surface area contributed by atoms with E-state index >= 15 is 0 Å². The van der Waals surface area contributed by atoms with Gasteiger partial charge in [0.25, 0.3) is 0 Å². The molecule has 4 nitrogen and oxygen atoms in total. The maximum Gasteiger partial charge on any atom is 0.221 e. The van der Waals surface area contributed by atoms with Crippen molar-refractivity contribution >= 4 is 5.91 Å². The van der Waals surface area contributed by atoms with E-state index in [1.807, 2.05) is 0 Å². The maximum absolute atomic E-state index is 12.0. The van der Waals surface area contributed by atoms with Crippen LogP contribution < -0.4 is 5.32 Å². The zero-order valence-electron chi connectivity index (χ0n) is 17.2. The highest BCUT2D eigenvalue weighted by molar-refractivity contribution is 5.76. The fourth-order valence-corrected chi connectivity index (χ4v) is 3.84. The molecule has 28 heavy (non-hydrogen) atoms. The van der Waals surface area contributed by atoms with E-state index in [4.69, 9.17) is 0 Å². The van der Waals surface area contributed by atoms with Gasteiger partial charge in [-0.2, -0.15) is 0 Å². The second-order valence-corrected chi connectivity index (χ2v) is 7.73. The molecule has 0 saturated carbocycles. The van der Waals surface area contributed by atoms with Crippen LogP contribution in [-0.2, 0) is 4.79 Å². The van der Waals surface area contributed by atoms with Crippen molar-refractivity contribution in [2.45, 2.75) is 38.8 Å². The molecular weight excluding hydrogens is 346 g/mol. The van der Waals surface area contributed by atoms with Crippen molar-refractivity contribution < 1.29 is 4.79 Å². The number of amides is 1. The lowest BCUT2D eigenvalue weighted by molar-refractivity contribution is -0.122. The topological polar surface area (TPSA) is 35.6 Å². The molecule has 3 rings (SSSR count). The van der Waals surface area contributed by atoms with E-state index in [-0.39, 0.29) is 11.9 Å². The fourth-order valence-electron chi connectivity index (χ4n) is 3.84. The first-order chi connectivity index (χ1) is 13.7. The first-order valence-electron chi connectivity index (χ1n) is 10.5. The van der Waals surface area contributed by atoms with Gasteiger partial charge in [0.05, 0.1) is 6.04 Å². The Labute approximate surface area is 169 Å². The Morgan fingerprint density at radius 2 is 1.46 bits per heavy atom. The minimum atomic E-state index is 0.170. The molecule has 150 valence electrons. The summed E-state index contributed by atoms with van der Waals surface area (Å²) in [4.78, 5) is 17.0. The number of rotatable bonds is 8. The lowest BCUT2D eigenvalue weighted by Gasteiger charge is -2.39. The summed E-state index contributed by atoms with van der Waals surface area (Å²) in [7, 11) is 0. The van der Waals surface area contributed by atoms with Gasteiger partial charge in [-0.1, -0.05) is 67.6 Å². The van der Waals surface area contributed by atoms with Gasteiger partial charge in [0, 0.05) is 45.2 Å². The van der Waals surface area contributed by atoms with Crippen LogP contribution in [0.4, 0.5) is 0 Å². The quantitative estimate of drug-likeness (QED) is 0.760. The Kier molecular flexibility index (Phi) is 7.63. The first-order valence-corrected chi connectivity index (χ1v) is 10.5. The van der Waals surface area contributed by atoms with E-state index in [0.29, 0.717) is 12.5 Å². The second-order valence-electron chi connectivity index (χ2n) is 7.73. The number of nitrogens with zero attached hydrogens (tertiary/aromatic N) is 2. The normalized spacial score (nSPS) is 16.8. The molecule has 1 fully saturated rings. The third-order valence-electron chi connectivity index (χ3n) is 5.68. The van der Waals surface area contributed by atoms with Crippen LogP contribution in [0.5, 0.6) is 0 Å². The van der Waals surface area contributed by atoms with Gasteiger partial charge >= 0.3 is 0 Å². The third-order valence-corrected chi connectivity index (χ3v) is 5.68.